The van der Waals surface area contributed by atoms with E-state index in [4.69, 9.17) is 4.74 Å². The molecule has 0 amide bonds. The van der Waals surface area contributed by atoms with Crippen molar-refractivity contribution in [2.24, 2.45) is 11.3 Å². The van der Waals surface area contributed by atoms with E-state index in [1.54, 1.807) is 6.08 Å². The van der Waals surface area contributed by atoms with Crippen molar-refractivity contribution in [3.05, 3.63) is 102 Å². The van der Waals surface area contributed by atoms with E-state index in [-0.39, 0.29) is 25.4 Å². The molecule has 1 heterocycles. The number of alkyl halides is 3. The third kappa shape index (κ3) is 5.18. The Hall–Kier alpha value is -2.60. The van der Waals surface area contributed by atoms with Gasteiger partial charge in [0.05, 0.1) is 18.1 Å². The number of hydrogen-bond acceptors (Lipinski definition) is 2. The van der Waals surface area contributed by atoms with E-state index in [2.05, 4.69) is 11.4 Å². The second-order valence-corrected chi connectivity index (χ2v) is 9.26. The molecule has 1 aliphatic carbocycles. The van der Waals surface area contributed by atoms with Crippen LogP contribution in [0.3, 0.4) is 0 Å². The highest BCUT2D eigenvalue weighted by Crippen LogP contribution is 2.55. The predicted molar refractivity (Wildman–Crippen MR) is 137 cm³/mol. The largest absolute Gasteiger partial charge is 0.398 e. The van der Waals surface area contributed by atoms with Crippen LogP contribution < -0.4 is 5.32 Å². The Morgan fingerprint density at radius 2 is 1.69 bits per heavy atom. The van der Waals surface area contributed by atoms with Gasteiger partial charge in [0.15, 0.2) is 0 Å². The van der Waals surface area contributed by atoms with E-state index in [0.29, 0.717) is 25.1 Å². The standard InChI is InChI=1S/C29H28F3NO.ClH/c30-29(31,32)28(15-6-11-25(18-28)22-7-2-1-3-8-22)26-14-16-33-19-27(26)34-20-21-12-13-23-9-4-5-10-24(23)17-21;/h1-13,15,17,26-27,33H,14,16,18-20H2;1H/t26-,27-,28?;/m0./s1. The molecule has 1 saturated heterocycles. The Morgan fingerprint density at radius 1 is 0.943 bits per heavy atom. The van der Waals surface area contributed by atoms with Crippen LogP contribution in [0, 0.1) is 11.3 Å². The molecular weight excluding hydrogens is 471 g/mol. The van der Waals surface area contributed by atoms with E-state index in [1.807, 2.05) is 72.8 Å². The lowest BCUT2D eigenvalue weighted by atomic mass is 9.63. The van der Waals surface area contributed by atoms with Gasteiger partial charge >= 0.3 is 6.18 Å². The van der Waals surface area contributed by atoms with Gasteiger partial charge in [-0.1, -0.05) is 85.0 Å². The smallest absolute Gasteiger partial charge is 0.372 e. The summed E-state index contributed by atoms with van der Waals surface area (Å²) < 4.78 is 50.7. The zero-order valence-electron chi connectivity index (χ0n) is 19.3. The minimum Gasteiger partial charge on any atom is -0.372 e. The van der Waals surface area contributed by atoms with Gasteiger partial charge < -0.3 is 10.1 Å². The molecule has 6 heteroatoms. The van der Waals surface area contributed by atoms with Crippen LogP contribution in [0.4, 0.5) is 13.2 Å². The SMILES string of the molecule is Cl.FC(F)(F)C1([C@H]2CCNC[C@@H]2OCc2ccc3ccccc3c2)C=CC=C(c2ccccc2)C1. The van der Waals surface area contributed by atoms with Crippen LogP contribution in [0.2, 0.25) is 0 Å². The summed E-state index contributed by atoms with van der Waals surface area (Å²) in [6, 6.07) is 23.5. The molecule has 3 aromatic rings. The molecule has 1 unspecified atom stereocenters. The van der Waals surface area contributed by atoms with E-state index < -0.39 is 23.6 Å². The Kier molecular flexibility index (Phi) is 7.70. The van der Waals surface area contributed by atoms with E-state index >= 15 is 0 Å². The number of allylic oxidation sites excluding steroid dienone is 4. The first-order valence-electron chi connectivity index (χ1n) is 11.8. The first-order valence-corrected chi connectivity index (χ1v) is 11.8. The Labute approximate surface area is 210 Å². The van der Waals surface area contributed by atoms with Gasteiger partial charge in [-0.25, -0.2) is 0 Å². The summed E-state index contributed by atoms with van der Waals surface area (Å²) in [6.45, 7) is 1.25. The summed E-state index contributed by atoms with van der Waals surface area (Å²) in [5.74, 6) is -0.669. The molecule has 3 atom stereocenters. The molecule has 2 nitrogen and oxygen atoms in total. The van der Waals surface area contributed by atoms with E-state index in [9.17, 15) is 13.2 Å². The highest BCUT2D eigenvalue weighted by molar-refractivity contribution is 5.85. The van der Waals surface area contributed by atoms with Crippen LogP contribution in [0.25, 0.3) is 16.3 Å². The summed E-state index contributed by atoms with van der Waals surface area (Å²) in [5, 5.41) is 5.48. The molecule has 1 fully saturated rings. The Bertz CT molecular complexity index is 1210. The number of nitrogens with one attached hydrogen (secondary N) is 1. The summed E-state index contributed by atoms with van der Waals surface area (Å²) in [4.78, 5) is 0. The molecule has 184 valence electrons. The maximum absolute atomic E-state index is 14.8. The molecule has 3 aromatic carbocycles. The number of piperidine rings is 1. The number of ether oxygens (including phenoxy) is 1. The van der Waals surface area contributed by atoms with Crippen molar-refractivity contribution in [1.82, 2.24) is 5.32 Å². The fourth-order valence-corrected chi connectivity index (χ4v) is 5.41. The van der Waals surface area contributed by atoms with Crippen LogP contribution in [-0.2, 0) is 11.3 Å². The van der Waals surface area contributed by atoms with Gasteiger partial charge in [-0.2, -0.15) is 13.2 Å². The van der Waals surface area contributed by atoms with E-state index in [0.717, 1.165) is 21.9 Å². The Balaban J connectivity index is 0.00000289. The zero-order chi connectivity index (χ0) is 23.6. The first kappa shape index (κ1) is 25.5. The summed E-state index contributed by atoms with van der Waals surface area (Å²) in [5.41, 5.74) is 0.562. The second-order valence-electron chi connectivity index (χ2n) is 9.26. The molecule has 0 saturated carbocycles. The van der Waals surface area contributed by atoms with Gasteiger partial charge in [-0.05, 0) is 52.9 Å². The molecule has 0 aromatic heterocycles. The van der Waals surface area contributed by atoms with Crippen molar-refractivity contribution >= 4 is 28.8 Å². The molecule has 1 aliphatic heterocycles. The monoisotopic (exact) mass is 499 g/mol. The molecule has 2 aliphatic rings. The maximum Gasteiger partial charge on any atom is 0.398 e. The minimum atomic E-state index is -4.38. The van der Waals surface area contributed by atoms with Crippen LogP contribution in [0.5, 0.6) is 0 Å². The minimum absolute atomic E-state index is 0. The highest BCUT2D eigenvalue weighted by atomic mass is 35.5. The van der Waals surface area contributed by atoms with Crippen molar-refractivity contribution in [2.75, 3.05) is 13.1 Å². The fourth-order valence-electron chi connectivity index (χ4n) is 5.41. The molecular formula is C29H29ClF3NO. The highest BCUT2D eigenvalue weighted by Gasteiger charge is 2.60. The van der Waals surface area contributed by atoms with Crippen molar-refractivity contribution in [3.63, 3.8) is 0 Å². The molecule has 1 N–H and O–H groups in total. The maximum atomic E-state index is 14.8. The van der Waals surface area contributed by atoms with Crippen molar-refractivity contribution in [2.45, 2.75) is 31.7 Å². The van der Waals surface area contributed by atoms with Gasteiger partial charge in [-0.3, -0.25) is 0 Å². The van der Waals surface area contributed by atoms with Crippen molar-refractivity contribution < 1.29 is 17.9 Å². The molecule has 35 heavy (non-hydrogen) atoms. The van der Waals surface area contributed by atoms with Crippen LogP contribution in [-0.4, -0.2) is 25.4 Å². The summed E-state index contributed by atoms with van der Waals surface area (Å²) in [7, 11) is 0. The normalized spacial score (nSPS) is 24.6. The topological polar surface area (TPSA) is 21.3 Å². The lowest BCUT2D eigenvalue weighted by molar-refractivity contribution is -0.239. The second kappa shape index (κ2) is 10.6. The quantitative estimate of drug-likeness (QED) is 0.396. The zero-order valence-corrected chi connectivity index (χ0v) is 20.1. The lowest BCUT2D eigenvalue weighted by Gasteiger charge is -2.47. The molecule has 0 spiro atoms. The first-order chi connectivity index (χ1) is 16.5. The van der Waals surface area contributed by atoms with E-state index in [1.165, 1.54) is 6.08 Å². The summed E-state index contributed by atoms with van der Waals surface area (Å²) >= 11 is 0. The number of benzene rings is 3. The van der Waals surface area contributed by atoms with Gasteiger partial charge in [0.2, 0.25) is 0 Å². The van der Waals surface area contributed by atoms with Crippen LogP contribution >= 0.6 is 12.4 Å². The summed E-state index contributed by atoms with van der Waals surface area (Å²) in [6.07, 6.45) is 0.187. The van der Waals surface area contributed by atoms with Gasteiger partial charge in [0.1, 0.15) is 0 Å². The third-order valence-corrected chi connectivity index (χ3v) is 7.21. The number of fused-ring (bicyclic) bond motifs is 1. The van der Waals surface area contributed by atoms with Crippen LogP contribution in [0.1, 0.15) is 24.0 Å². The Morgan fingerprint density at radius 3 is 2.46 bits per heavy atom. The predicted octanol–water partition coefficient (Wildman–Crippen LogP) is 7.35. The molecule has 5 rings (SSSR count). The van der Waals surface area contributed by atoms with Crippen molar-refractivity contribution in [1.29, 1.82) is 0 Å². The average molecular weight is 500 g/mol. The van der Waals surface area contributed by atoms with Crippen molar-refractivity contribution in [3.8, 4) is 0 Å². The van der Waals surface area contributed by atoms with Gasteiger partial charge in [0.25, 0.3) is 0 Å². The van der Waals surface area contributed by atoms with Gasteiger partial charge in [0, 0.05) is 12.5 Å². The van der Waals surface area contributed by atoms with Crippen LogP contribution in [0.15, 0.2) is 91.0 Å². The fraction of sp³-hybridized carbons (Fsp3) is 0.310. The number of rotatable bonds is 5. The molecule has 0 radical (unpaired) electrons. The average Bonchev–Trinajstić information content (AvgIpc) is 2.87. The number of hydrogen-bond donors (Lipinski definition) is 1. The number of halogens is 4. The van der Waals surface area contributed by atoms with Gasteiger partial charge in [-0.15, -0.1) is 12.4 Å². The molecule has 0 bridgehead atoms. The lowest BCUT2D eigenvalue weighted by Crippen LogP contribution is -2.54. The third-order valence-electron chi connectivity index (χ3n) is 7.21.